The maximum Gasteiger partial charge on any atom is 0.114 e. The van der Waals surface area contributed by atoms with Gasteiger partial charge in [-0.1, -0.05) is 72.6 Å². The molecule has 0 aromatic heterocycles. The second-order valence-electron chi connectivity index (χ2n) is 4.18. The van der Waals surface area contributed by atoms with Crippen molar-refractivity contribution in [1.82, 2.24) is 5.32 Å². The van der Waals surface area contributed by atoms with Crippen LogP contribution >= 0.6 is 12.2 Å². The van der Waals surface area contributed by atoms with E-state index < -0.39 is 0 Å². The summed E-state index contributed by atoms with van der Waals surface area (Å²) in [5, 5.41) is 3.22. The molecule has 1 nitrogen and oxygen atoms in total. The molecule has 1 atom stereocenters. The summed E-state index contributed by atoms with van der Waals surface area (Å²) in [4.78, 5) is 0.746. The normalized spacial score (nSPS) is 11.0. The Morgan fingerprint density at radius 3 is 2.16 bits per heavy atom. The monoisotopic (exact) mass is 265 g/mol. The highest BCUT2D eigenvalue weighted by atomic mass is 32.1. The molecule has 0 aliphatic carbocycles. The van der Waals surface area contributed by atoms with Gasteiger partial charge in [-0.2, -0.15) is 0 Å². The molecule has 0 spiro atoms. The van der Waals surface area contributed by atoms with Gasteiger partial charge in [-0.3, -0.25) is 0 Å². The lowest BCUT2D eigenvalue weighted by molar-refractivity contribution is 0.823. The lowest BCUT2D eigenvalue weighted by Crippen LogP contribution is -2.23. The zero-order valence-electron chi connectivity index (χ0n) is 10.8. The second-order valence-corrected chi connectivity index (χ2v) is 4.79. The van der Waals surface area contributed by atoms with Crippen molar-refractivity contribution in [3.63, 3.8) is 0 Å². The van der Waals surface area contributed by atoms with E-state index in [0.29, 0.717) is 0 Å². The average molecular weight is 265 g/mol. The lowest BCUT2D eigenvalue weighted by atomic mass is 10.1. The third kappa shape index (κ3) is 4.24. The Hall–Kier alpha value is -2.11. The second kappa shape index (κ2) is 6.72. The van der Waals surface area contributed by atoms with E-state index >= 15 is 0 Å². The van der Waals surface area contributed by atoms with Crippen molar-refractivity contribution >= 4 is 17.2 Å². The zero-order chi connectivity index (χ0) is 13.5. The molecule has 94 valence electrons. The molecule has 0 amide bonds. The van der Waals surface area contributed by atoms with Crippen molar-refractivity contribution in [2.45, 2.75) is 13.0 Å². The summed E-state index contributed by atoms with van der Waals surface area (Å²) in [5.41, 5.74) is 2.13. The zero-order valence-corrected chi connectivity index (χ0v) is 11.6. The van der Waals surface area contributed by atoms with E-state index in [2.05, 4.69) is 29.3 Å². The Bertz CT molecular complexity index is 593. The highest BCUT2D eigenvalue weighted by Crippen LogP contribution is 2.11. The number of rotatable bonds is 2. The van der Waals surface area contributed by atoms with Crippen LogP contribution in [0.5, 0.6) is 0 Å². The summed E-state index contributed by atoms with van der Waals surface area (Å²) in [5.74, 6) is 6.41. The van der Waals surface area contributed by atoms with Gasteiger partial charge in [0.1, 0.15) is 6.04 Å². The number of benzene rings is 2. The van der Waals surface area contributed by atoms with Crippen LogP contribution in [-0.2, 0) is 0 Å². The van der Waals surface area contributed by atoms with E-state index in [1.807, 2.05) is 55.5 Å². The van der Waals surface area contributed by atoms with Crippen molar-refractivity contribution in [1.29, 1.82) is 0 Å². The maximum absolute atomic E-state index is 5.12. The smallest absolute Gasteiger partial charge is 0.114 e. The standard InChI is InChI=1S/C17H15NS/c1-14(19)18-17(16-10-6-3-7-11-16)13-12-15-8-4-2-5-9-15/h2-11,17H,1H3,(H,18,19). The summed E-state index contributed by atoms with van der Waals surface area (Å²) < 4.78 is 0. The van der Waals surface area contributed by atoms with Gasteiger partial charge in [0.25, 0.3) is 0 Å². The summed E-state index contributed by atoms with van der Waals surface area (Å²) in [6, 6.07) is 20.0. The van der Waals surface area contributed by atoms with Gasteiger partial charge in [0, 0.05) is 5.56 Å². The molecule has 19 heavy (non-hydrogen) atoms. The Labute approximate surface area is 119 Å². The fourth-order valence-electron chi connectivity index (χ4n) is 1.73. The summed E-state index contributed by atoms with van der Waals surface area (Å²) in [6.45, 7) is 1.87. The minimum Gasteiger partial charge on any atom is -0.363 e. The third-order valence-electron chi connectivity index (χ3n) is 2.62. The van der Waals surface area contributed by atoms with Crippen LogP contribution in [0.1, 0.15) is 24.1 Å². The molecule has 0 radical (unpaired) electrons. The van der Waals surface area contributed by atoms with Crippen molar-refractivity contribution < 1.29 is 0 Å². The third-order valence-corrected chi connectivity index (χ3v) is 2.73. The van der Waals surface area contributed by atoms with E-state index in [4.69, 9.17) is 12.2 Å². The molecule has 0 saturated heterocycles. The van der Waals surface area contributed by atoms with Crippen LogP contribution in [0.15, 0.2) is 60.7 Å². The Balaban J connectivity index is 2.25. The van der Waals surface area contributed by atoms with Crippen LogP contribution in [-0.4, -0.2) is 4.99 Å². The first-order valence-electron chi connectivity index (χ1n) is 6.14. The van der Waals surface area contributed by atoms with Gasteiger partial charge in [-0.05, 0) is 24.6 Å². The first kappa shape index (κ1) is 13.3. The molecular weight excluding hydrogens is 250 g/mol. The van der Waals surface area contributed by atoms with Gasteiger partial charge in [0.15, 0.2) is 0 Å². The molecular formula is C17H15NS. The van der Waals surface area contributed by atoms with Crippen molar-refractivity contribution in [2.75, 3.05) is 0 Å². The number of hydrogen-bond acceptors (Lipinski definition) is 1. The molecule has 0 heterocycles. The molecule has 2 heteroatoms. The lowest BCUT2D eigenvalue weighted by Gasteiger charge is -2.13. The average Bonchev–Trinajstić information content (AvgIpc) is 2.45. The van der Waals surface area contributed by atoms with Crippen LogP contribution in [0.3, 0.4) is 0 Å². The number of thiocarbonyl (C=S) groups is 1. The minimum absolute atomic E-state index is 0.0705. The van der Waals surface area contributed by atoms with Gasteiger partial charge < -0.3 is 5.32 Å². The Morgan fingerprint density at radius 1 is 1.00 bits per heavy atom. The molecule has 2 aromatic rings. The largest absolute Gasteiger partial charge is 0.363 e. The Kier molecular flexibility index (Phi) is 4.72. The van der Waals surface area contributed by atoms with Gasteiger partial charge >= 0.3 is 0 Å². The quantitative estimate of drug-likeness (QED) is 0.656. The van der Waals surface area contributed by atoms with E-state index in [0.717, 1.165) is 16.1 Å². The summed E-state index contributed by atoms with van der Waals surface area (Å²) in [7, 11) is 0. The van der Waals surface area contributed by atoms with Crippen molar-refractivity contribution in [3.8, 4) is 11.8 Å². The first-order valence-corrected chi connectivity index (χ1v) is 6.55. The van der Waals surface area contributed by atoms with E-state index in [1.165, 1.54) is 0 Å². The first-order chi connectivity index (χ1) is 9.25. The molecule has 1 N–H and O–H groups in total. The van der Waals surface area contributed by atoms with Crippen LogP contribution < -0.4 is 5.32 Å². The molecule has 0 aliphatic heterocycles. The van der Waals surface area contributed by atoms with Crippen LogP contribution in [0, 0.1) is 11.8 Å². The van der Waals surface area contributed by atoms with Gasteiger partial charge in [0.2, 0.25) is 0 Å². The SMILES string of the molecule is CC(=S)NC(C#Cc1ccccc1)c1ccccc1. The fourth-order valence-corrected chi connectivity index (χ4v) is 1.85. The van der Waals surface area contributed by atoms with E-state index in [-0.39, 0.29) is 6.04 Å². The highest BCUT2D eigenvalue weighted by Gasteiger charge is 2.06. The molecule has 0 fully saturated rings. The van der Waals surface area contributed by atoms with Gasteiger partial charge in [-0.25, -0.2) is 0 Å². The number of hydrogen-bond donors (Lipinski definition) is 1. The predicted molar refractivity (Wildman–Crippen MR) is 83.9 cm³/mol. The van der Waals surface area contributed by atoms with Crippen LogP contribution in [0.4, 0.5) is 0 Å². The molecule has 1 unspecified atom stereocenters. The van der Waals surface area contributed by atoms with E-state index in [9.17, 15) is 0 Å². The number of nitrogens with one attached hydrogen (secondary N) is 1. The predicted octanol–water partition coefficient (Wildman–Crippen LogP) is 3.72. The molecule has 2 aromatic carbocycles. The van der Waals surface area contributed by atoms with Crippen LogP contribution in [0.2, 0.25) is 0 Å². The molecule has 0 saturated carbocycles. The van der Waals surface area contributed by atoms with E-state index in [1.54, 1.807) is 0 Å². The Morgan fingerprint density at radius 2 is 1.58 bits per heavy atom. The van der Waals surface area contributed by atoms with Crippen molar-refractivity contribution in [3.05, 3.63) is 71.8 Å². The molecule has 0 aliphatic rings. The fraction of sp³-hybridized carbons (Fsp3) is 0.118. The van der Waals surface area contributed by atoms with Crippen LogP contribution in [0.25, 0.3) is 0 Å². The topological polar surface area (TPSA) is 12.0 Å². The van der Waals surface area contributed by atoms with Crippen molar-refractivity contribution in [2.24, 2.45) is 0 Å². The van der Waals surface area contributed by atoms with Gasteiger partial charge in [0.05, 0.1) is 4.99 Å². The molecule has 0 bridgehead atoms. The highest BCUT2D eigenvalue weighted by molar-refractivity contribution is 7.80. The maximum atomic E-state index is 5.12. The summed E-state index contributed by atoms with van der Waals surface area (Å²) >= 11 is 5.12. The molecule has 2 rings (SSSR count). The van der Waals surface area contributed by atoms with Gasteiger partial charge in [-0.15, -0.1) is 0 Å². The summed E-state index contributed by atoms with van der Waals surface area (Å²) in [6.07, 6.45) is 0. The minimum atomic E-state index is -0.0705.